The van der Waals surface area contributed by atoms with Crippen molar-refractivity contribution in [3.63, 3.8) is 0 Å². The van der Waals surface area contributed by atoms with E-state index >= 15 is 0 Å². The highest BCUT2D eigenvalue weighted by Crippen LogP contribution is 2.35. The second-order valence-electron chi connectivity index (χ2n) is 4.40. The van der Waals surface area contributed by atoms with E-state index < -0.39 is 11.7 Å². The molecule has 2 N–H and O–H groups in total. The van der Waals surface area contributed by atoms with Crippen LogP contribution in [0.2, 0.25) is 0 Å². The molecule has 0 aliphatic rings. The lowest BCUT2D eigenvalue weighted by Gasteiger charge is -2.21. The van der Waals surface area contributed by atoms with E-state index in [-0.39, 0.29) is 5.69 Å². The molecule has 18 heavy (non-hydrogen) atoms. The Hall–Kier alpha value is -1.39. The van der Waals surface area contributed by atoms with Crippen LogP contribution < -0.4 is 10.6 Å². The van der Waals surface area contributed by atoms with Gasteiger partial charge in [0.05, 0.1) is 5.56 Å². The van der Waals surface area contributed by atoms with Crippen LogP contribution in [0.3, 0.4) is 0 Å². The smallest absolute Gasteiger partial charge is 0.398 e. The number of anilines is 2. The summed E-state index contributed by atoms with van der Waals surface area (Å²) in [5.74, 6) is 0. The van der Waals surface area contributed by atoms with Gasteiger partial charge >= 0.3 is 6.18 Å². The normalized spacial score (nSPS) is 11.6. The maximum Gasteiger partial charge on any atom is 0.418 e. The zero-order valence-electron chi connectivity index (χ0n) is 10.7. The Kier molecular flexibility index (Phi) is 4.87. The minimum atomic E-state index is -4.40. The van der Waals surface area contributed by atoms with E-state index in [1.54, 1.807) is 13.1 Å². The molecule has 0 unspecified atom stereocenters. The molecule has 0 heterocycles. The van der Waals surface area contributed by atoms with Gasteiger partial charge in [0.25, 0.3) is 0 Å². The number of benzene rings is 1. The minimum absolute atomic E-state index is 0.229. The molecule has 0 aromatic heterocycles. The zero-order chi connectivity index (χ0) is 13.8. The highest BCUT2D eigenvalue weighted by atomic mass is 19.4. The molecule has 0 atom stereocenters. The molecule has 0 radical (unpaired) electrons. The minimum Gasteiger partial charge on any atom is -0.398 e. The van der Waals surface area contributed by atoms with E-state index in [1.165, 1.54) is 6.07 Å². The van der Waals surface area contributed by atoms with E-state index in [2.05, 4.69) is 6.92 Å². The monoisotopic (exact) mass is 260 g/mol. The lowest BCUT2D eigenvalue weighted by atomic mass is 10.1. The fourth-order valence-corrected chi connectivity index (χ4v) is 1.76. The van der Waals surface area contributed by atoms with Crippen molar-refractivity contribution in [2.45, 2.75) is 32.4 Å². The van der Waals surface area contributed by atoms with Crippen LogP contribution in [0, 0.1) is 0 Å². The average Bonchev–Trinajstić information content (AvgIpc) is 2.28. The van der Waals surface area contributed by atoms with Gasteiger partial charge in [0.1, 0.15) is 0 Å². The molecule has 0 fully saturated rings. The van der Waals surface area contributed by atoms with Crippen molar-refractivity contribution in [2.75, 3.05) is 24.2 Å². The molecule has 0 saturated carbocycles. The molecule has 0 aliphatic heterocycles. The molecule has 0 aliphatic carbocycles. The Morgan fingerprint density at radius 3 is 2.44 bits per heavy atom. The van der Waals surface area contributed by atoms with Crippen LogP contribution in [0.4, 0.5) is 24.5 Å². The summed E-state index contributed by atoms with van der Waals surface area (Å²) in [7, 11) is 1.79. The van der Waals surface area contributed by atoms with Crippen molar-refractivity contribution < 1.29 is 13.2 Å². The molecule has 102 valence electrons. The zero-order valence-corrected chi connectivity index (χ0v) is 10.7. The number of alkyl halides is 3. The summed E-state index contributed by atoms with van der Waals surface area (Å²) in [5.41, 5.74) is 4.92. The third-order valence-corrected chi connectivity index (χ3v) is 2.88. The predicted molar refractivity (Wildman–Crippen MR) is 68.7 cm³/mol. The van der Waals surface area contributed by atoms with Crippen molar-refractivity contribution >= 4 is 11.4 Å². The van der Waals surface area contributed by atoms with Crippen LogP contribution in [-0.4, -0.2) is 13.6 Å². The van der Waals surface area contributed by atoms with E-state index in [9.17, 15) is 13.2 Å². The number of nitrogens with two attached hydrogens (primary N) is 1. The number of hydrogen-bond acceptors (Lipinski definition) is 2. The van der Waals surface area contributed by atoms with Gasteiger partial charge in [-0.2, -0.15) is 13.2 Å². The first-order valence-electron chi connectivity index (χ1n) is 6.04. The van der Waals surface area contributed by atoms with Crippen molar-refractivity contribution in [2.24, 2.45) is 0 Å². The highest BCUT2D eigenvalue weighted by Gasteiger charge is 2.33. The van der Waals surface area contributed by atoms with Crippen LogP contribution in [-0.2, 0) is 6.18 Å². The van der Waals surface area contributed by atoms with E-state index in [1.807, 2.05) is 4.90 Å². The summed E-state index contributed by atoms with van der Waals surface area (Å²) in [5, 5.41) is 0. The van der Waals surface area contributed by atoms with Gasteiger partial charge in [-0.1, -0.05) is 19.8 Å². The first-order chi connectivity index (χ1) is 8.36. The molecule has 0 spiro atoms. The lowest BCUT2D eigenvalue weighted by molar-refractivity contribution is -0.136. The SMILES string of the molecule is CCCCCN(C)c1ccc(N)c(C(F)(F)F)c1. The number of rotatable bonds is 5. The lowest BCUT2D eigenvalue weighted by Crippen LogP contribution is -2.19. The summed E-state index contributed by atoms with van der Waals surface area (Å²) in [4.78, 5) is 1.82. The molecule has 2 nitrogen and oxygen atoms in total. The number of hydrogen-bond donors (Lipinski definition) is 1. The molecular weight excluding hydrogens is 241 g/mol. The molecule has 1 rings (SSSR count). The fourth-order valence-electron chi connectivity index (χ4n) is 1.76. The van der Waals surface area contributed by atoms with Crippen LogP contribution in [0.25, 0.3) is 0 Å². The van der Waals surface area contributed by atoms with E-state index in [0.29, 0.717) is 5.69 Å². The van der Waals surface area contributed by atoms with Gasteiger partial charge in [0, 0.05) is 25.0 Å². The molecule has 0 bridgehead atoms. The molecule has 0 amide bonds. The number of nitrogens with zero attached hydrogens (tertiary/aromatic N) is 1. The summed E-state index contributed by atoms with van der Waals surface area (Å²) in [6, 6.07) is 4.05. The first kappa shape index (κ1) is 14.7. The maximum atomic E-state index is 12.7. The van der Waals surface area contributed by atoms with Crippen molar-refractivity contribution in [1.29, 1.82) is 0 Å². The summed E-state index contributed by atoms with van der Waals surface area (Å²) in [6.45, 7) is 2.83. The van der Waals surface area contributed by atoms with Crippen LogP contribution in [0.1, 0.15) is 31.7 Å². The summed E-state index contributed by atoms with van der Waals surface area (Å²) in [6.07, 6.45) is -1.27. The Balaban J connectivity index is 2.84. The first-order valence-corrected chi connectivity index (χ1v) is 6.04. The maximum absolute atomic E-state index is 12.7. The van der Waals surface area contributed by atoms with E-state index in [4.69, 9.17) is 5.73 Å². The number of halogens is 3. The van der Waals surface area contributed by atoms with Crippen LogP contribution in [0.5, 0.6) is 0 Å². The van der Waals surface area contributed by atoms with Gasteiger partial charge < -0.3 is 10.6 Å². The van der Waals surface area contributed by atoms with Gasteiger partial charge in [-0.15, -0.1) is 0 Å². The van der Waals surface area contributed by atoms with Crippen LogP contribution >= 0.6 is 0 Å². The van der Waals surface area contributed by atoms with Crippen molar-refractivity contribution in [3.05, 3.63) is 23.8 Å². The Labute approximate surface area is 106 Å². The van der Waals surface area contributed by atoms with Gasteiger partial charge in [0.2, 0.25) is 0 Å². The largest absolute Gasteiger partial charge is 0.418 e. The third kappa shape index (κ3) is 3.82. The summed E-state index contributed by atoms with van der Waals surface area (Å²) >= 11 is 0. The molecule has 1 aromatic carbocycles. The predicted octanol–water partition coefficient (Wildman–Crippen LogP) is 3.91. The van der Waals surface area contributed by atoms with Crippen LogP contribution in [0.15, 0.2) is 18.2 Å². The Bertz CT molecular complexity index is 388. The van der Waals surface area contributed by atoms with Gasteiger partial charge in [-0.05, 0) is 24.6 Å². The molecule has 0 saturated heterocycles. The molecular formula is C13H19F3N2. The quantitative estimate of drug-likeness (QED) is 0.642. The average molecular weight is 260 g/mol. The number of nitrogen functional groups attached to an aromatic ring is 1. The molecule has 5 heteroatoms. The van der Waals surface area contributed by atoms with Gasteiger partial charge in [0.15, 0.2) is 0 Å². The van der Waals surface area contributed by atoms with Crippen molar-refractivity contribution in [1.82, 2.24) is 0 Å². The standard InChI is InChI=1S/C13H19F3N2/c1-3-4-5-8-18(2)10-6-7-12(17)11(9-10)13(14,15)16/h6-7,9H,3-5,8,17H2,1-2H3. The van der Waals surface area contributed by atoms with Gasteiger partial charge in [-0.3, -0.25) is 0 Å². The topological polar surface area (TPSA) is 29.3 Å². The van der Waals surface area contributed by atoms with Crippen molar-refractivity contribution in [3.8, 4) is 0 Å². The number of unbranched alkanes of at least 4 members (excludes halogenated alkanes) is 2. The fraction of sp³-hybridized carbons (Fsp3) is 0.538. The van der Waals surface area contributed by atoms with E-state index in [0.717, 1.165) is 31.9 Å². The third-order valence-electron chi connectivity index (χ3n) is 2.88. The second-order valence-corrected chi connectivity index (χ2v) is 4.40. The Morgan fingerprint density at radius 2 is 1.89 bits per heavy atom. The Morgan fingerprint density at radius 1 is 1.22 bits per heavy atom. The van der Waals surface area contributed by atoms with Gasteiger partial charge in [-0.25, -0.2) is 0 Å². The molecule has 1 aromatic rings. The summed E-state index contributed by atoms with van der Waals surface area (Å²) < 4.78 is 38.1. The highest BCUT2D eigenvalue weighted by molar-refractivity contribution is 5.59. The second kappa shape index (κ2) is 5.98.